The fraction of sp³-hybridized carbons (Fsp3) is 0.440. The van der Waals surface area contributed by atoms with Crippen molar-refractivity contribution in [3.8, 4) is 0 Å². The van der Waals surface area contributed by atoms with Crippen molar-refractivity contribution < 1.29 is 24.9 Å². The van der Waals surface area contributed by atoms with Gasteiger partial charge in [0.1, 0.15) is 6.10 Å². The lowest BCUT2D eigenvalue weighted by Gasteiger charge is -2.52. The summed E-state index contributed by atoms with van der Waals surface area (Å²) in [6.07, 6.45) is -1.31. The van der Waals surface area contributed by atoms with E-state index in [0.717, 1.165) is 11.1 Å². The van der Waals surface area contributed by atoms with Crippen molar-refractivity contribution >= 4 is 35.1 Å². The first-order valence-electron chi connectivity index (χ1n) is 11.0. The molecule has 2 aromatic rings. The Kier molecular flexibility index (Phi) is 6.74. The highest BCUT2D eigenvalue weighted by molar-refractivity contribution is 6.30. The van der Waals surface area contributed by atoms with Crippen molar-refractivity contribution in [1.29, 1.82) is 0 Å². The maximum absolute atomic E-state index is 13.9. The lowest BCUT2D eigenvalue weighted by atomic mass is 9.67. The number of carboxylic acid groups (broad SMARTS) is 1. The van der Waals surface area contributed by atoms with Crippen LogP contribution in [-0.2, 0) is 9.59 Å². The number of carbonyl (C=O) groups is 2. The van der Waals surface area contributed by atoms with Crippen LogP contribution in [0.3, 0.4) is 0 Å². The van der Waals surface area contributed by atoms with Gasteiger partial charge in [-0.3, -0.25) is 9.59 Å². The highest BCUT2D eigenvalue weighted by atomic mass is 35.5. The van der Waals surface area contributed by atoms with Crippen molar-refractivity contribution in [2.24, 2.45) is 5.41 Å². The predicted octanol–water partition coefficient (Wildman–Crippen LogP) is 4.42. The number of hydrogen-bond acceptors (Lipinski definition) is 4. The summed E-state index contributed by atoms with van der Waals surface area (Å²) in [6, 6.07) is 13.4. The molecule has 1 saturated heterocycles. The van der Waals surface area contributed by atoms with Crippen molar-refractivity contribution in [2.75, 3.05) is 0 Å². The van der Waals surface area contributed by atoms with Crippen molar-refractivity contribution in [3.05, 3.63) is 69.7 Å². The third-order valence-corrected chi connectivity index (χ3v) is 7.52. The number of aliphatic carboxylic acids is 1. The quantitative estimate of drug-likeness (QED) is 0.574. The Morgan fingerprint density at radius 2 is 1.76 bits per heavy atom. The Hall–Kier alpha value is -2.12. The van der Waals surface area contributed by atoms with Crippen molar-refractivity contribution in [2.45, 2.75) is 62.8 Å². The number of aliphatic hydroxyl groups is 2. The maximum atomic E-state index is 13.9. The van der Waals surface area contributed by atoms with Gasteiger partial charge in [0.05, 0.1) is 30.0 Å². The molecule has 0 radical (unpaired) electrons. The van der Waals surface area contributed by atoms with E-state index in [-0.39, 0.29) is 18.2 Å². The Morgan fingerprint density at radius 1 is 1.06 bits per heavy atom. The molecule has 2 aliphatic rings. The normalized spacial score (nSPS) is 32.2. The minimum atomic E-state index is -1.19. The molecule has 0 spiro atoms. The van der Waals surface area contributed by atoms with Crippen LogP contribution in [0.1, 0.15) is 55.7 Å². The van der Waals surface area contributed by atoms with Gasteiger partial charge in [-0.25, -0.2) is 0 Å². The molecule has 1 amide bonds. The average Bonchev–Trinajstić information content (AvgIpc) is 3.08. The van der Waals surface area contributed by atoms with Crippen LogP contribution < -0.4 is 0 Å². The van der Waals surface area contributed by atoms with Crippen LogP contribution in [0, 0.1) is 5.41 Å². The minimum Gasteiger partial charge on any atom is -0.481 e. The number of halogens is 2. The van der Waals surface area contributed by atoms with Gasteiger partial charge >= 0.3 is 5.97 Å². The number of benzene rings is 2. The lowest BCUT2D eigenvalue weighted by molar-refractivity contribution is -0.163. The number of nitrogens with zero attached hydrogens (tertiary/aromatic N) is 1. The third-order valence-electron chi connectivity index (χ3n) is 7.04. The zero-order valence-electron chi connectivity index (χ0n) is 18.2. The van der Waals surface area contributed by atoms with Gasteiger partial charge in [-0.1, -0.05) is 54.4 Å². The Balaban J connectivity index is 1.90. The van der Waals surface area contributed by atoms with E-state index in [0.29, 0.717) is 29.3 Å². The monoisotopic (exact) mass is 491 g/mol. The molecule has 3 N–H and O–H groups in total. The summed E-state index contributed by atoms with van der Waals surface area (Å²) in [5, 5.41) is 31.8. The number of amides is 1. The number of piperidine rings is 1. The molecule has 8 heteroatoms. The highest BCUT2D eigenvalue weighted by Gasteiger charge is 2.54. The van der Waals surface area contributed by atoms with Gasteiger partial charge in [0.2, 0.25) is 5.91 Å². The van der Waals surface area contributed by atoms with Gasteiger partial charge in [-0.15, -0.1) is 0 Å². The molecule has 0 unspecified atom stereocenters. The van der Waals surface area contributed by atoms with Crippen LogP contribution in [0.4, 0.5) is 0 Å². The van der Waals surface area contributed by atoms with Gasteiger partial charge in [0.15, 0.2) is 0 Å². The van der Waals surface area contributed by atoms with E-state index in [1.807, 2.05) is 30.3 Å². The fourth-order valence-electron chi connectivity index (χ4n) is 5.49. The van der Waals surface area contributed by atoms with Crippen molar-refractivity contribution in [1.82, 2.24) is 4.90 Å². The summed E-state index contributed by atoms with van der Waals surface area (Å²) in [7, 11) is 0. The SMILES string of the molecule is C[C@]1(CC(=O)O)C[C@H](c2cccc(Cl)c2)[C@@H](c2ccc(Cl)cc2)N([C@H]2CC[C@H](O)[C@@H]2O)C1=O. The molecule has 176 valence electrons. The molecule has 0 bridgehead atoms. The number of hydrogen-bond donors (Lipinski definition) is 3. The largest absolute Gasteiger partial charge is 0.481 e. The van der Waals surface area contributed by atoms with E-state index in [1.54, 1.807) is 30.0 Å². The van der Waals surface area contributed by atoms with E-state index in [1.165, 1.54) is 0 Å². The zero-order valence-corrected chi connectivity index (χ0v) is 19.7. The molecule has 1 aliphatic heterocycles. The fourth-order valence-corrected chi connectivity index (χ4v) is 5.81. The molecule has 6 nitrogen and oxygen atoms in total. The molecule has 33 heavy (non-hydrogen) atoms. The van der Waals surface area contributed by atoms with E-state index in [2.05, 4.69) is 0 Å². The predicted molar refractivity (Wildman–Crippen MR) is 125 cm³/mol. The van der Waals surface area contributed by atoms with E-state index in [4.69, 9.17) is 23.2 Å². The smallest absolute Gasteiger partial charge is 0.304 e. The summed E-state index contributed by atoms with van der Waals surface area (Å²) in [4.78, 5) is 27.3. The molecule has 0 aromatic heterocycles. The first-order valence-corrected chi connectivity index (χ1v) is 11.8. The second kappa shape index (κ2) is 9.26. The standard InChI is InChI=1S/C25H27Cl2NO5/c1-25(13-21(30)31)12-18(15-3-2-4-17(27)11-15)22(14-5-7-16(26)8-6-14)28(24(25)33)19-9-10-20(29)23(19)32/h2-8,11,18-20,22-23,29,32H,9-10,12-13H2,1H3,(H,30,31)/t18-,19+,20+,22-,23-,25-/m1/s1. The molecule has 2 aromatic carbocycles. The van der Waals surface area contributed by atoms with Gasteiger partial charge < -0.3 is 20.2 Å². The molecule has 1 heterocycles. The summed E-state index contributed by atoms with van der Waals surface area (Å²) >= 11 is 12.4. The molecule has 2 fully saturated rings. The minimum absolute atomic E-state index is 0.281. The van der Waals surface area contributed by atoms with Gasteiger partial charge in [0.25, 0.3) is 0 Å². The number of aliphatic hydroxyl groups excluding tert-OH is 2. The first kappa shape index (κ1) is 24.0. The average molecular weight is 492 g/mol. The summed E-state index contributed by atoms with van der Waals surface area (Å²) in [5.41, 5.74) is 0.517. The van der Waals surface area contributed by atoms with Crippen LogP contribution >= 0.6 is 23.2 Å². The molecule has 1 aliphatic carbocycles. The Labute approximate surface area is 202 Å². The maximum Gasteiger partial charge on any atom is 0.304 e. The molecule has 1 saturated carbocycles. The van der Waals surface area contributed by atoms with Gasteiger partial charge in [-0.05, 0) is 54.7 Å². The number of carbonyl (C=O) groups excluding carboxylic acids is 1. The van der Waals surface area contributed by atoms with Gasteiger partial charge in [0, 0.05) is 16.0 Å². The summed E-state index contributed by atoms with van der Waals surface area (Å²) in [6.45, 7) is 1.67. The molecular formula is C25H27Cl2NO5. The summed E-state index contributed by atoms with van der Waals surface area (Å²) in [5.74, 6) is -1.68. The number of carboxylic acids is 1. The van der Waals surface area contributed by atoms with Gasteiger partial charge in [-0.2, -0.15) is 0 Å². The van der Waals surface area contributed by atoms with Crippen LogP contribution in [-0.4, -0.2) is 50.3 Å². The molecule has 6 atom stereocenters. The second-order valence-electron chi connectivity index (χ2n) is 9.41. The zero-order chi connectivity index (χ0) is 23.9. The Morgan fingerprint density at radius 3 is 2.33 bits per heavy atom. The highest BCUT2D eigenvalue weighted by Crippen LogP contribution is 2.53. The van der Waals surface area contributed by atoms with E-state index < -0.39 is 35.7 Å². The first-order chi connectivity index (χ1) is 15.6. The van der Waals surface area contributed by atoms with Crippen LogP contribution in [0.2, 0.25) is 10.0 Å². The van der Waals surface area contributed by atoms with Crippen LogP contribution in [0.15, 0.2) is 48.5 Å². The van der Waals surface area contributed by atoms with Crippen molar-refractivity contribution in [3.63, 3.8) is 0 Å². The molecule has 4 rings (SSSR count). The third kappa shape index (κ3) is 4.62. The number of rotatable bonds is 5. The van der Waals surface area contributed by atoms with Crippen LogP contribution in [0.25, 0.3) is 0 Å². The molecular weight excluding hydrogens is 465 g/mol. The number of likely N-dealkylation sites (tertiary alicyclic amines) is 1. The van der Waals surface area contributed by atoms with E-state index >= 15 is 0 Å². The van der Waals surface area contributed by atoms with Crippen LogP contribution in [0.5, 0.6) is 0 Å². The second-order valence-corrected chi connectivity index (χ2v) is 10.3. The summed E-state index contributed by atoms with van der Waals surface area (Å²) < 4.78 is 0. The lowest BCUT2D eigenvalue weighted by Crippen LogP contribution is -2.58. The van der Waals surface area contributed by atoms with E-state index in [9.17, 15) is 24.9 Å². The Bertz CT molecular complexity index is 1050. The topological polar surface area (TPSA) is 98.1 Å².